The maximum atomic E-state index is 5.73. The van der Waals surface area contributed by atoms with E-state index in [0.29, 0.717) is 19.1 Å². The molecular formula is C12H20IN3O2. The third-order valence-electron chi connectivity index (χ3n) is 2.15. The van der Waals surface area contributed by atoms with Crippen LogP contribution in [-0.2, 0) is 4.74 Å². The maximum absolute atomic E-state index is 5.73. The van der Waals surface area contributed by atoms with Gasteiger partial charge in [-0.05, 0) is 30.7 Å². The zero-order chi connectivity index (χ0) is 12.5. The Balaban J connectivity index is 0.00000289. The van der Waals surface area contributed by atoms with Gasteiger partial charge in [0.25, 0.3) is 0 Å². The van der Waals surface area contributed by atoms with Crippen molar-refractivity contribution < 1.29 is 9.47 Å². The molecule has 0 aliphatic carbocycles. The summed E-state index contributed by atoms with van der Waals surface area (Å²) >= 11 is 0. The van der Waals surface area contributed by atoms with Gasteiger partial charge in [-0.1, -0.05) is 0 Å². The molecule has 0 atom stereocenters. The van der Waals surface area contributed by atoms with E-state index in [0.717, 1.165) is 17.9 Å². The molecule has 0 aliphatic rings. The molecule has 0 unspecified atom stereocenters. The molecule has 0 aliphatic heterocycles. The first-order valence-corrected chi connectivity index (χ1v) is 5.46. The molecule has 0 saturated carbocycles. The first-order valence-electron chi connectivity index (χ1n) is 5.46. The van der Waals surface area contributed by atoms with Crippen LogP contribution in [0.25, 0.3) is 0 Å². The smallest absolute Gasteiger partial charge is 0.193 e. The monoisotopic (exact) mass is 365 g/mol. The summed E-state index contributed by atoms with van der Waals surface area (Å²) in [4.78, 5) is 4.17. The van der Waals surface area contributed by atoms with Crippen molar-refractivity contribution in [2.75, 3.05) is 32.7 Å². The molecule has 18 heavy (non-hydrogen) atoms. The molecule has 0 aromatic heterocycles. The van der Waals surface area contributed by atoms with Crippen LogP contribution in [0.1, 0.15) is 6.42 Å². The fourth-order valence-corrected chi connectivity index (χ4v) is 1.27. The summed E-state index contributed by atoms with van der Waals surface area (Å²) in [6.45, 7) is 1.35. The van der Waals surface area contributed by atoms with Crippen molar-refractivity contribution >= 4 is 35.6 Å². The number of hydrogen-bond donors (Lipinski definition) is 2. The lowest BCUT2D eigenvalue weighted by Gasteiger charge is -2.06. The Morgan fingerprint density at radius 1 is 1.28 bits per heavy atom. The SMILES string of the molecule is COCCCN=C(N)Nc1ccc(OC)cc1.I. The van der Waals surface area contributed by atoms with E-state index in [-0.39, 0.29) is 24.0 Å². The molecule has 6 heteroatoms. The van der Waals surface area contributed by atoms with E-state index in [1.807, 2.05) is 24.3 Å². The quantitative estimate of drug-likeness (QED) is 0.351. The molecule has 0 heterocycles. The molecule has 3 N–H and O–H groups in total. The van der Waals surface area contributed by atoms with Crippen molar-refractivity contribution in [3.8, 4) is 5.75 Å². The Morgan fingerprint density at radius 3 is 2.50 bits per heavy atom. The minimum atomic E-state index is 0. The number of halogens is 1. The number of benzene rings is 1. The number of aliphatic imine (C=N–C) groups is 1. The van der Waals surface area contributed by atoms with Crippen molar-refractivity contribution in [1.82, 2.24) is 0 Å². The van der Waals surface area contributed by atoms with Crippen LogP contribution < -0.4 is 15.8 Å². The van der Waals surface area contributed by atoms with Gasteiger partial charge in [0, 0.05) is 25.9 Å². The van der Waals surface area contributed by atoms with Crippen molar-refractivity contribution in [2.24, 2.45) is 10.7 Å². The Labute approximate surface area is 125 Å². The van der Waals surface area contributed by atoms with Gasteiger partial charge in [-0.3, -0.25) is 4.99 Å². The first-order chi connectivity index (χ1) is 8.26. The van der Waals surface area contributed by atoms with Crippen molar-refractivity contribution in [3.63, 3.8) is 0 Å². The Morgan fingerprint density at radius 2 is 1.94 bits per heavy atom. The Kier molecular flexibility index (Phi) is 9.39. The zero-order valence-corrected chi connectivity index (χ0v) is 13.0. The predicted molar refractivity (Wildman–Crippen MR) is 85.0 cm³/mol. The van der Waals surface area contributed by atoms with Crippen LogP contribution in [0.5, 0.6) is 5.75 Å². The van der Waals surface area contributed by atoms with Gasteiger partial charge in [-0.25, -0.2) is 0 Å². The fraction of sp³-hybridized carbons (Fsp3) is 0.417. The highest BCUT2D eigenvalue weighted by Crippen LogP contribution is 2.14. The van der Waals surface area contributed by atoms with Crippen molar-refractivity contribution in [1.29, 1.82) is 0 Å². The molecule has 1 aromatic rings. The van der Waals surface area contributed by atoms with Crippen LogP contribution in [0.3, 0.4) is 0 Å². The predicted octanol–water partition coefficient (Wildman–Crippen LogP) is 2.08. The van der Waals surface area contributed by atoms with E-state index < -0.39 is 0 Å². The average Bonchev–Trinajstić information content (AvgIpc) is 2.36. The number of nitrogens with zero attached hydrogens (tertiary/aromatic N) is 1. The minimum absolute atomic E-state index is 0. The molecule has 1 aromatic carbocycles. The Bertz CT molecular complexity index is 355. The second kappa shape index (κ2) is 9.95. The van der Waals surface area contributed by atoms with Crippen LogP contribution in [0, 0.1) is 0 Å². The molecule has 0 bridgehead atoms. The fourth-order valence-electron chi connectivity index (χ4n) is 1.27. The number of methoxy groups -OCH3 is 2. The normalized spacial score (nSPS) is 10.7. The number of hydrogen-bond acceptors (Lipinski definition) is 3. The summed E-state index contributed by atoms with van der Waals surface area (Å²) in [6, 6.07) is 7.49. The molecule has 0 spiro atoms. The summed E-state index contributed by atoms with van der Waals surface area (Å²) in [5.41, 5.74) is 6.61. The van der Waals surface area contributed by atoms with Crippen molar-refractivity contribution in [3.05, 3.63) is 24.3 Å². The van der Waals surface area contributed by atoms with E-state index in [1.54, 1.807) is 14.2 Å². The molecule has 5 nitrogen and oxygen atoms in total. The number of anilines is 1. The van der Waals surface area contributed by atoms with Crippen LogP contribution in [-0.4, -0.2) is 33.3 Å². The van der Waals surface area contributed by atoms with E-state index in [4.69, 9.17) is 15.2 Å². The van der Waals surface area contributed by atoms with Crippen LogP contribution in [0.4, 0.5) is 5.69 Å². The molecule has 0 amide bonds. The zero-order valence-electron chi connectivity index (χ0n) is 10.7. The van der Waals surface area contributed by atoms with E-state index in [9.17, 15) is 0 Å². The highest BCUT2D eigenvalue weighted by Gasteiger charge is 1.95. The third-order valence-corrected chi connectivity index (χ3v) is 2.15. The number of nitrogens with two attached hydrogens (primary N) is 1. The van der Waals surface area contributed by atoms with Crippen LogP contribution in [0.15, 0.2) is 29.3 Å². The van der Waals surface area contributed by atoms with Gasteiger partial charge in [0.05, 0.1) is 7.11 Å². The first kappa shape index (κ1) is 17.0. The highest BCUT2D eigenvalue weighted by molar-refractivity contribution is 14.0. The van der Waals surface area contributed by atoms with Crippen LogP contribution in [0.2, 0.25) is 0 Å². The molecule has 1 rings (SSSR count). The van der Waals surface area contributed by atoms with Crippen molar-refractivity contribution in [2.45, 2.75) is 6.42 Å². The van der Waals surface area contributed by atoms with Gasteiger partial charge in [0.2, 0.25) is 0 Å². The number of guanidine groups is 1. The van der Waals surface area contributed by atoms with Gasteiger partial charge < -0.3 is 20.5 Å². The summed E-state index contributed by atoms with van der Waals surface area (Å²) in [5, 5.41) is 3.00. The number of rotatable bonds is 6. The number of ether oxygens (including phenoxy) is 2. The Hall–Kier alpha value is -1.02. The summed E-state index contributed by atoms with van der Waals surface area (Å²) in [5.74, 6) is 1.22. The third kappa shape index (κ3) is 6.65. The summed E-state index contributed by atoms with van der Waals surface area (Å²) in [7, 11) is 3.30. The summed E-state index contributed by atoms with van der Waals surface area (Å²) < 4.78 is 9.99. The van der Waals surface area contributed by atoms with Gasteiger partial charge >= 0.3 is 0 Å². The topological polar surface area (TPSA) is 68.9 Å². The molecule has 0 saturated heterocycles. The lowest BCUT2D eigenvalue weighted by molar-refractivity contribution is 0.197. The maximum Gasteiger partial charge on any atom is 0.193 e. The molecule has 102 valence electrons. The molecular weight excluding hydrogens is 345 g/mol. The molecule has 0 fully saturated rings. The lowest BCUT2D eigenvalue weighted by atomic mass is 10.3. The van der Waals surface area contributed by atoms with E-state index in [1.165, 1.54) is 0 Å². The van der Waals surface area contributed by atoms with Crippen LogP contribution >= 0.6 is 24.0 Å². The minimum Gasteiger partial charge on any atom is -0.497 e. The summed E-state index contributed by atoms with van der Waals surface area (Å²) in [6.07, 6.45) is 0.863. The van der Waals surface area contributed by atoms with Gasteiger partial charge in [0.1, 0.15) is 5.75 Å². The standard InChI is InChI=1S/C12H19N3O2.HI/c1-16-9-3-8-14-12(13)15-10-4-6-11(17-2)7-5-10;/h4-7H,3,8-9H2,1-2H3,(H3,13,14,15);1H. The molecule has 0 radical (unpaired) electrons. The average molecular weight is 365 g/mol. The van der Waals surface area contributed by atoms with Gasteiger partial charge in [0.15, 0.2) is 5.96 Å². The number of nitrogens with one attached hydrogen (secondary N) is 1. The second-order valence-corrected chi connectivity index (χ2v) is 3.47. The van der Waals surface area contributed by atoms with E-state index in [2.05, 4.69) is 10.3 Å². The van der Waals surface area contributed by atoms with E-state index >= 15 is 0 Å². The van der Waals surface area contributed by atoms with Gasteiger partial charge in [-0.15, -0.1) is 24.0 Å². The lowest BCUT2D eigenvalue weighted by Crippen LogP contribution is -2.22. The largest absolute Gasteiger partial charge is 0.497 e. The van der Waals surface area contributed by atoms with Gasteiger partial charge in [-0.2, -0.15) is 0 Å². The second-order valence-electron chi connectivity index (χ2n) is 3.47. The highest BCUT2D eigenvalue weighted by atomic mass is 127.